The highest BCUT2D eigenvalue weighted by molar-refractivity contribution is 7.92. The molecule has 0 amide bonds. The molecule has 0 bridgehead atoms. The average Bonchev–Trinajstić information content (AvgIpc) is 3.34. The van der Waals surface area contributed by atoms with Crippen LogP contribution >= 0.6 is 0 Å². The number of aromatic nitrogens is 2. The second kappa shape index (κ2) is 10.4. The van der Waals surface area contributed by atoms with Gasteiger partial charge < -0.3 is 9.15 Å². The second-order valence-corrected chi connectivity index (χ2v) is 9.57. The largest absolute Gasteiger partial charge is 0.415 e. The van der Waals surface area contributed by atoms with Gasteiger partial charge in [-0.25, -0.2) is 8.42 Å². The number of morpholine rings is 1. The molecule has 3 aromatic rings. The van der Waals surface area contributed by atoms with Crippen LogP contribution in [0.5, 0.6) is 0 Å². The molecule has 176 valence electrons. The van der Waals surface area contributed by atoms with Crippen LogP contribution in [-0.2, 0) is 21.3 Å². The summed E-state index contributed by atoms with van der Waals surface area (Å²) in [5, 5.41) is 6.97. The number of rotatable bonds is 9. The number of hydrogen-bond donors (Lipinski definition) is 0. The molecule has 0 aliphatic carbocycles. The van der Waals surface area contributed by atoms with Gasteiger partial charge in [-0.1, -0.05) is 30.3 Å². The first kappa shape index (κ1) is 23.3. The van der Waals surface area contributed by atoms with Gasteiger partial charge in [0, 0.05) is 25.2 Å². The molecule has 1 fully saturated rings. The highest BCUT2D eigenvalue weighted by atomic mass is 32.2. The van der Waals surface area contributed by atoms with E-state index >= 15 is 0 Å². The highest BCUT2D eigenvalue weighted by Crippen LogP contribution is 2.25. The summed E-state index contributed by atoms with van der Waals surface area (Å²) in [4.78, 5) is 2.08. The van der Waals surface area contributed by atoms with Crippen molar-refractivity contribution < 1.29 is 26.4 Å². The van der Waals surface area contributed by atoms with Gasteiger partial charge in [0.25, 0.3) is 5.89 Å². The smallest absolute Gasteiger partial charge is 0.314 e. The number of nitrogens with zero attached hydrogens (tertiary/aromatic N) is 4. The Kier molecular flexibility index (Phi) is 7.31. The maximum absolute atomic E-state index is 13.3. The minimum atomic E-state index is -3.61. The molecule has 33 heavy (non-hydrogen) atoms. The van der Waals surface area contributed by atoms with Crippen molar-refractivity contribution in [1.29, 1.82) is 0 Å². The van der Waals surface area contributed by atoms with Crippen molar-refractivity contribution in [3.05, 3.63) is 66.1 Å². The van der Waals surface area contributed by atoms with Crippen molar-refractivity contribution >= 4 is 15.7 Å². The lowest BCUT2D eigenvalue weighted by Crippen LogP contribution is -2.42. The third kappa shape index (κ3) is 5.92. The topological polar surface area (TPSA) is 88.8 Å². The van der Waals surface area contributed by atoms with Gasteiger partial charge in [0.1, 0.15) is 0 Å². The number of alkyl halides is 2. The van der Waals surface area contributed by atoms with Gasteiger partial charge in [-0.2, -0.15) is 8.78 Å². The summed E-state index contributed by atoms with van der Waals surface area (Å²) in [5.74, 6) is -0.774. The Morgan fingerprint density at radius 1 is 1.00 bits per heavy atom. The third-order valence-corrected chi connectivity index (χ3v) is 7.01. The van der Waals surface area contributed by atoms with Gasteiger partial charge in [0.05, 0.1) is 31.2 Å². The molecule has 1 aromatic heterocycles. The minimum Gasteiger partial charge on any atom is -0.415 e. The Bertz CT molecular complexity index is 1130. The van der Waals surface area contributed by atoms with Gasteiger partial charge in [-0.15, -0.1) is 10.2 Å². The van der Waals surface area contributed by atoms with Crippen molar-refractivity contribution in [3.8, 4) is 11.5 Å². The molecule has 0 atom stereocenters. The van der Waals surface area contributed by atoms with Crippen molar-refractivity contribution in [3.63, 3.8) is 0 Å². The molecule has 1 aliphatic rings. The van der Waals surface area contributed by atoms with Crippen LogP contribution < -0.4 is 4.31 Å². The minimum absolute atomic E-state index is 0.0155. The monoisotopic (exact) mass is 478 g/mol. The normalized spacial score (nSPS) is 15.1. The molecule has 0 unspecified atom stereocenters. The molecule has 0 saturated carbocycles. The molecular formula is C22H24F2N4O4S. The Hall–Kier alpha value is -2.89. The van der Waals surface area contributed by atoms with Crippen LogP contribution in [0.4, 0.5) is 14.5 Å². The maximum Gasteiger partial charge on any atom is 0.314 e. The SMILES string of the molecule is O=S(=O)(CCN1CCOCC1)N(Cc1ccc(-c2nnc(C(F)F)o2)cc1)c1ccccc1. The van der Waals surface area contributed by atoms with E-state index in [1.165, 1.54) is 4.31 Å². The Morgan fingerprint density at radius 2 is 1.70 bits per heavy atom. The van der Waals surface area contributed by atoms with Crippen molar-refractivity contribution in [2.24, 2.45) is 0 Å². The van der Waals surface area contributed by atoms with E-state index < -0.39 is 22.3 Å². The number of anilines is 1. The molecule has 0 radical (unpaired) electrons. The van der Waals surface area contributed by atoms with Crippen LogP contribution in [0.2, 0.25) is 0 Å². The van der Waals surface area contributed by atoms with E-state index in [1.807, 2.05) is 6.07 Å². The van der Waals surface area contributed by atoms with Gasteiger partial charge in [0.15, 0.2) is 0 Å². The molecule has 1 aliphatic heterocycles. The van der Waals surface area contributed by atoms with E-state index in [2.05, 4.69) is 15.1 Å². The molecule has 0 N–H and O–H groups in total. The molecule has 2 aromatic carbocycles. The van der Waals surface area contributed by atoms with Gasteiger partial charge in [-0.05, 0) is 29.8 Å². The number of hydrogen-bond acceptors (Lipinski definition) is 7. The van der Waals surface area contributed by atoms with Crippen molar-refractivity contribution in [1.82, 2.24) is 15.1 Å². The lowest BCUT2D eigenvalue weighted by atomic mass is 10.1. The molecule has 2 heterocycles. The molecule has 0 spiro atoms. The summed E-state index contributed by atoms with van der Waals surface area (Å²) in [6.45, 7) is 3.19. The van der Waals surface area contributed by atoms with E-state index in [-0.39, 0.29) is 18.2 Å². The van der Waals surface area contributed by atoms with Gasteiger partial charge in [-0.3, -0.25) is 9.21 Å². The van der Waals surface area contributed by atoms with E-state index in [0.29, 0.717) is 44.1 Å². The fourth-order valence-corrected chi connectivity index (χ4v) is 4.98. The van der Waals surface area contributed by atoms with Crippen LogP contribution in [0.25, 0.3) is 11.5 Å². The van der Waals surface area contributed by atoms with Crippen molar-refractivity contribution in [2.75, 3.05) is 42.9 Å². The number of sulfonamides is 1. The Morgan fingerprint density at radius 3 is 2.33 bits per heavy atom. The van der Waals surface area contributed by atoms with E-state index in [4.69, 9.17) is 9.15 Å². The van der Waals surface area contributed by atoms with E-state index in [1.54, 1.807) is 48.5 Å². The van der Waals surface area contributed by atoms with E-state index in [9.17, 15) is 17.2 Å². The summed E-state index contributed by atoms with van der Waals surface area (Å²) in [5.41, 5.74) is 1.77. The highest BCUT2D eigenvalue weighted by Gasteiger charge is 2.25. The predicted molar refractivity (Wildman–Crippen MR) is 118 cm³/mol. The summed E-state index contributed by atoms with van der Waals surface area (Å²) < 4.78 is 63.7. The first-order valence-electron chi connectivity index (χ1n) is 10.5. The number of para-hydroxylation sites is 1. The summed E-state index contributed by atoms with van der Waals surface area (Å²) in [6, 6.07) is 15.6. The first-order chi connectivity index (χ1) is 15.9. The summed E-state index contributed by atoms with van der Waals surface area (Å²) in [7, 11) is -3.61. The molecular weight excluding hydrogens is 454 g/mol. The number of ether oxygens (including phenoxy) is 1. The molecule has 8 nitrogen and oxygen atoms in total. The van der Waals surface area contributed by atoms with Crippen molar-refractivity contribution in [2.45, 2.75) is 13.0 Å². The van der Waals surface area contributed by atoms with Crippen LogP contribution in [0.15, 0.2) is 59.0 Å². The van der Waals surface area contributed by atoms with Gasteiger partial charge >= 0.3 is 6.43 Å². The number of halogens is 2. The quantitative estimate of drug-likeness (QED) is 0.466. The Balaban J connectivity index is 1.51. The second-order valence-electron chi connectivity index (χ2n) is 7.56. The lowest BCUT2D eigenvalue weighted by Gasteiger charge is -2.29. The fourth-order valence-electron chi connectivity index (χ4n) is 3.48. The van der Waals surface area contributed by atoms with Gasteiger partial charge in [0.2, 0.25) is 15.9 Å². The molecule has 1 saturated heterocycles. The average molecular weight is 479 g/mol. The lowest BCUT2D eigenvalue weighted by molar-refractivity contribution is 0.0408. The zero-order valence-electron chi connectivity index (χ0n) is 17.8. The summed E-state index contributed by atoms with van der Waals surface area (Å²) >= 11 is 0. The predicted octanol–water partition coefficient (Wildman–Crippen LogP) is 3.34. The number of benzene rings is 2. The van der Waals surface area contributed by atoms with Crippen LogP contribution in [0.1, 0.15) is 17.9 Å². The van der Waals surface area contributed by atoms with Crippen LogP contribution in [0, 0.1) is 0 Å². The first-order valence-corrected chi connectivity index (χ1v) is 12.1. The fraction of sp³-hybridized carbons (Fsp3) is 0.364. The van der Waals surface area contributed by atoms with Crippen LogP contribution in [0.3, 0.4) is 0 Å². The summed E-state index contributed by atoms with van der Waals surface area (Å²) in [6.07, 6.45) is -2.84. The van der Waals surface area contributed by atoms with Crippen LogP contribution in [-0.4, -0.2) is 62.1 Å². The maximum atomic E-state index is 13.3. The standard InChI is InChI=1S/C22H24F2N4O4S/c23-20(24)22-26-25-21(32-22)18-8-6-17(7-9-18)16-28(19-4-2-1-3-5-19)33(29,30)15-12-27-10-13-31-14-11-27/h1-9,20H,10-16H2. The zero-order chi connectivity index (χ0) is 23.3. The molecule has 4 rings (SSSR count). The zero-order valence-corrected chi connectivity index (χ0v) is 18.6. The molecule has 11 heteroatoms. The Labute approximate surface area is 190 Å². The van der Waals surface area contributed by atoms with E-state index in [0.717, 1.165) is 5.56 Å². The third-order valence-electron chi connectivity index (χ3n) is 5.30.